The van der Waals surface area contributed by atoms with Crippen LogP contribution in [0.5, 0.6) is 17.2 Å². The second-order valence-electron chi connectivity index (χ2n) is 8.74. The molecule has 5 heteroatoms. The average Bonchev–Trinajstić information content (AvgIpc) is 3.33. The number of hydrogen-bond acceptors (Lipinski definition) is 5. The van der Waals surface area contributed by atoms with E-state index in [1.165, 1.54) is 0 Å². The number of allylic oxidation sites excluding steroid dienone is 5. The van der Waals surface area contributed by atoms with E-state index in [1.807, 2.05) is 54.6 Å². The van der Waals surface area contributed by atoms with E-state index < -0.39 is 5.60 Å². The van der Waals surface area contributed by atoms with Crippen LogP contribution in [0.4, 0.5) is 0 Å². The van der Waals surface area contributed by atoms with Crippen molar-refractivity contribution < 1.29 is 23.7 Å². The summed E-state index contributed by atoms with van der Waals surface area (Å²) in [5, 5.41) is 0. The molecule has 2 aromatic rings. The molecule has 5 nitrogen and oxygen atoms in total. The van der Waals surface area contributed by atoms with Gasteiger partial charge < -0.3 is 23.7 Å². The fourth-order valence-electron chi connectivity index (χ4n) is 5.09. The Bertz CT molecular complexity index is 1360. The van der Waals surface area contributed by atoms with Gasteiger partial charge in [0.1, 0.15) is 40.8 Å². The van der Waals surface area contributed by atoms with Gasteiger partial charge in [0.2, 0.25) is 0 Å². The van der Waals surface area contributed by atoms with Crippen molar-refractivity contribution in [3.05, 3.63) is 125 Å². The zero-order valence-electron chi connectivity index (χ0n) is 19.9. The molecule has 0 aromatic heterocycles. The summed E-state index contributed by atoms with van der Waals surface area (Å²) in [7, 11) is 4.97. The van der Waals surface area contributed by atoms with Gasteiger partial charge in [0.05, 0.1) is 21.3 Å². The topological polar surface area (TPSA) is 46.2 Å². The van der Waals surface area contributed by atoms with Gasteiger partial charge in [0.25, 0.3) is 0 Å². The summed E-state index contributed by atoms with van der Waals surface area (Å²) in [4.78, 5) is 0. The molecule has 3 unspecified atom stereocenters. The number of benzene rings is 2. The molecular formula is C30H26O5. The molecule has 35 heavy (non-hydrogen) atoms. The highest BCUT2D eigenvalue weighted by molar-refractivity contribution is 5.61. The predicted octanol–water partition coefficient (Wildman–Crippen LogP) is 5.56. The maximum absolute atomic E-state index is 6.89. The number of methoxy groups -OCH3 is 3. The second-order valence-corrected chi connectivity index (χ2v) is 8.74. The van der Waals surface area contributed by atoms with Crippen molar-refractivity contribution in [2.24, 2.45) is 0 Å². The van der Waals surface area contributed by atoms with Gasteiger partial charge >= 0.3 is 0 Å². The molecule has 6 rings (SSSR count). The van der Waals surface area contributed by atoms with Gasteiger partial charge in [-0.2, -0.15) is 0 Å². The van der Waals surface area contributed by atoms with E-state index in [1.54, 1.807) is 21.3 Å². The lowest BCUT2D eigenvalue weighted by molar-refractivity contribution is 0.0157. The first-order chi connectivity index (χ1) is 17.1. The van der Waals surface area contributed by atoms with Crippen molar-refractivity contribution >= 4 is 0 Å². The Morgan fingerprint density at radius 1 is 0.800 bits per heavy atom. The van der Waals surface area contributed by atoms with E-state index in [4.69, 9.17) is 23.7 Å². The van der Waals surface area contributed by atoms with Gasteiger partial charge in [-0.25, -0.2) is 0 Å². The van der Waals surface area contributed by atoms with Crippen LogP contribution in [0.2, 0.25) is 0 Å². The van der Waals surface area contributed by atoms with Crippen LogP contribution in [-0.4, -0.2) is 33.5 Å². The minimum absolute atomic E-state index is 0.0988. The summed E-state index contributed by atoms with van der Waals surface area (Å²) in [6.45, 7) is 0. The third-order valence-electron chi connectivity index (χ3n) is 6.86. The summed E-state index contributed by atoms with van der Waals surface area (Å²) in [6.07, 6.45) is 16.4. The maximum atomic E-state index is 6.89. The lowest BCUT2D eigenvalue weighted by atomic mass is 9.84. The number of ether oxygens (including phenoxy) is 5. The second kappa shape index (κ2) is 8.36. The highest BCUT2D eigenvalue weighted by atomic mass is 16.5. The van der Waals surface area contributed by atoms with Crippen LogP contribution in [0, 0.1) is 0 Å². The fraction of sp³-hybridized carbons (Fsp3) is 0.200. The summed E-state index contributed by atoms with van der Waals surface area (Å²) in [5.74, 6) is 3.04. The number of rotatable bonds is 5. The zero-order valence-corrected chi connectivity index (χ0v) is 19.9. The summed E-state index contributed by atoms with van der Waals surface area (Å²) >= 11 is 0. The SMILES string of the molecule is COc1ccc(C2(c3ccc(OC)cc3OC)C=C3C4=C(C=CC3O2)C=C2C=CC=CC2O4)cc1. The molecule has 4 aliphatic rings. The van der Waals surface area contributed by atoms with Crippen LogP contribution >= 0.6 is 0 Å². The van der Waals surface area contributed by atoms with E-state index in [9.17, 15) is 0 Å². The van der Waals surface area contributed by atoms with Crippen LogP contribution < -0.4 is 14.2 Å². The number of fused-ring (bicyclic) bond motifs is 3. The van der Waals surface area contributed by atoms with E-state index in [0.29, 0.717) is 11.5 Å². The lowest BCUT2D eigenvalue weighted by Crippen LogP contribution is -2.29. The molecule has 2 aromatic carbocycles. The molecule has 0 spiro atoms. The van der Waals surface area contributed by atoms with Crippen molar-refractivity contribution in [3.63, 3.8) is 0 Å². The van der Waals surface area contributed by atoms with Gasteiger partial charge in [-0.05, 0) is 53.6 Å². The predicted molar refractivity (Wildman–Crippen MR) is 134 cm³/mol. The Balaban J connectivity index is 1.54. The molecule has 0 radical (unpaired) electrons. The van der Waals surface area contributed by atoms with Crippen LogP contribution in [0.3, 0.4) is 0 Å². The molecule has 176 valence electrons. The first-order valence-corrected chi connectivity index (χ1v) is 11.6. The third-order valence-corrected chi connectivity index (χ3v) is 6.86. The lowest BCUT2D eigenvalue weighted by Gasteiger charge is -2.32. The van der Waals surface area contributed by atoms with Crippen LogP contribution in [0.25, 0.3) is 0 Å². The van der Waals surface area contributed by atoms with Gasteiger partial charge in [-0.1, -0.05) is 42.5 Å². The molecule has 0 amide bonds. The normalized spacial score (nSPS) is 25.7. The van der Waals surface area contributed by atoms with Crippen molar-refractivity contribution in [1.82, 2.24) is 0 Å². The number of hydrogen-bond donors (Lipinski definition) is 0. The van der Waals surface area contributed by atoms with Crippen LogP contribution in [-0.2, 0) is 15.1 Å². The molecule has 2 aliphatic carbocycles. The Morgan fingerprint density at radius 3 is 2.37 bits per heavy atom. The van der Waals surface area contributed by atoms with Gasteiger partial charge in [0.15, 0.2) is 0 Å². The van der Waals surface area contributed by atoms with Crippen LogP contribution in [0.1, 0.15) is 11.1 Å². The quantitative estimate of drug-likeness (QED) is 0.578. The van der Waals surface area contributed by atoms with E-state index in [2.05, 4.69) is 36.5 Å². The van der Waals surface area contributed by atoms with E-state index in [0.717, 1.165) is 39.4 Å². The van der Waals surface area contributed by atoms with Crippen molar-refractivity contribution in [2.75, 3.05) is 21.3 Å². The molecule has 0 N–H and O–H groups in total. The monoisotopic (exact) mass is 466 g/mol. The fourth-order valence-corrected chi connectivity index (χ4v) is 5.09. The van der Waals surface area contributed by atoms with Crippen molar-refractivity contribution in [3.8, 4) is 17.2 Å². The van der Waals surface area contributed by atoms with Crippen LogP contribution in [0.15, 0.2) is 114 Å². The Morgan fingerprint density at radius 2 is 1.60 bits per heavy atom. The zero-order chi connectivity index (χ0) is 24.0. The molecule has 2 heterocycles. The van der Waals surface area contributed by atoms with Gasteiger partial charge in [-0.15, -0.1) is 0 Å². The first-order valence-electron chi connectivity index (χ1n) is 11.6. The minimum atomic E-state index is -0.896. The Kier molecular flexibility index (Phi) is 5.15. The van der Waals surface area contributed by atoms with Crippen molar-refractivity contribution in [2.45, 2.75) is 17.8 Å². The standard InChI is InChI=1S/C30H26O5/c1-31-22-11-9-21(10-12-22)30(25-14-13-23(32-2)17-28(25)33-3)18-24-27(35-30)15-8-20-16-19-6-4-5-7-26(19)34-29(20)24/h4-18,26-27H,1-3H3. The summed E-state index contributed by atoms with van der Waals surface area (Å²) in [6, 6.07) is 13.8. The largest absolute Gasteiger partial charge is 0.497 e. The Hall–Kier alpha value is -3.96. The maximum Gasteiger partial charge on any atom is 0.142 e. The third kappa shape index (κ3) is 3.43. The molecular weight excluding hydrogens is 440 g/mol. The molecule has 0 bridgehead atoms. The molecule has 3 atom stereocenters. The molecule has 0 saturated carbocycles. The molecule has 2 aliphatic heterocycles. The van der Waals surface area contributed by atoms with Gasteiger partial charge in [0, 0.05) is 22.8 Å². The van der Waals surface area contributed by atoms with E-state index >= 15 is 0 Å². The molecule has 0 saturated heterocycles. The first kappa shape index (κ1) is 21.6. The van der Waals surface area contributed by atoms with E-state index in [-0.39, 0.29) is 12.2 Å². The highest BCUT2D eigenvalue weighted by Crippen LogP contribution is 2.51. The Labute approximate surface area is 204 Å². The average molecular weight is 467 g/mol. The summed E-state index contributed by atoms with van der Waals surface area (Å²) in [5.41, 5.74) is 4.16. The molecule has 0 fully saturated rings. The van der Waals surface area contributed by atoms with Gasteiger partial charge in [-0.3, -0.25) is 0 Å². The summed E-state index contributed by atoms with van der Waals surface area (Å²) < 4.78 is 30.1. The van der Waals surface area contributed by atoms with Crippen molar-refractivity contribution in [1.29, 1.82) is 0 Å². The minimum Gasteiger partial charge on any atom is -0.497 e. The highest BCUT2D eigenvalue weighted by Gasteiger charge is 2.47. The smallest absolute Gasteiger partial charge is 0.142 e.